The third-order valence-electron chi connectivity index (χ3n) is 3.40. The van der Waals surface area contributed by atoms with Crippen molar-refractivity contribution in [1.82, 2.24) is 0 Å². The van der Waals surface area contributed by atoms with Crippen LogP contribution in [0.3, 0.4) is 0 Å². The molecule has 90 valence electrons. The zero-order chi connectivity index (χ0) is 12.4. The quantitative estimate of drug-likeness (QED) is 0.615. The van der Waals surface area contributed by atoms with Crippen LogP contribution in [-0.2, 0) is 12.8 Å². The van der Waals surface area contributed by atoms with Crippen molar-refractivity contribution in [1.29, 1.82) is 0 Å². The highest BCUT2D eigenvalue weighted by Gasteiger charge is 2.05. The first-order valence-electron chi connectivity index (χ1n) is 6.34. The van der Waals surface area contributed by atoms with Gasteiger partial charge in [0, 0.05) is 4.70 Å². The maximum atomic E-state index is 2.27. The lowest BCUT2D eigenvalue weighted by molar-refractivity contribution is 0.971. The van der Waals surface area contributed by atoms with Crippen molar-refractivity contribution in [3.8, 4) is 0 Å². The Morgan fingerprint density at radius 1 is 0.889 bits per heavy atom. The van der Waals surface area contributed by atoms with E-state index in [2.05, 4.69) is 60.8 Å². The maximum Gasteiger partial charge on any atom is 0.0377 e. The Bertz CT molecular complexity index is 650. The Morgan fingerprint density at radius 2 is 1.72 bits per heavy atom. The number of benzene rings is 2. The van der Waals surface area contributed by atoms with Gasteiger partial charge in [0.15, 0.2) is 0 Å². The van der Waals surface area contributed by atoms with Crippen molar-refractivity contribution in [2.45, 2.75) is 19.8 Å². The zero-order valence-corrected chi connectivity index (χ0v) is 11.3. The predicted molar refractivity (Wildman–Crippen MR) is 80.4 cm³/mol. The predicted octanol–water partition coefficient (Wildman–Crippen LogP) is 4.99. The Labute approximate surface area is 112 Å². The molecule has 0 nitrogen and oxygen atoms in total. The number of thiophene rings is 1. The van der Waals surface area contributed by atoms with E-state index in [-0.39, 0.29) is 0 Å². The van der Waals surface area contributed by atoms with Crippen LogP contribution in [-0.4, -0.2) is 0 Å². The minimum atomic E-state index is 1.12. The third-order valence-corrected chi connectivity index (χ3v) is 4.59. The summed E-state index contributed by atoms with van der Waals surface area (Å²) < 4.78 is 1.46. The van der Waals surface area contributed by atoms with E-state index in [9.17, 15) is 0 Å². The number of aryl methyl sites for hydroxylation is 3. The molecule has 0 N–H and O–H groups in total. The summed E-state index contributed by atoms with van der Waals surface area (Å²) >= 11 is 1.88. The molecule has 18 heavy (non-hydrogen) atoms. The highest BCUT2D eigenvalue weighted by Crippen LogP contribution is 2.29. The second kappa shape index (κ2) is 4.95. The van der Waals surface area contributed by atoms with Crippen LogP contribution in [0.5, 0.6) is 0 Å². The van der Waals surface area contributed by atoms with Gasteiger partial charge in [0.2, 0.25) is 0 Å². The largest absolute Gasteiger partial charge is 0.143 e. The molecule has 0 radical (unpaired) electrons. The molecule has 0 fully saturated rings. The van der Waals surface area contributed by atoms with Crippen LogP contribution in [0.4, 0.5) is 0 Å². The molecule has 0 aliphatic rings. The molecule has 1 heteroatoms. The third kappa shape index (κ3) is 2.19. The van der Waals surface area contributed by atoms with Crippen LogP contribution in [0.1, 0.15) is 16.7 Å². The second-order valence-corrected chi connectivity index (χ2v) is 5.58. The molecule has 0 bridgehead atoms. The van der Waals surface area contributed by atoms with Crippen LogP contribution in [0.2, 0.25) is 0 Å². The molecule has 0 spiro atoms. The monoisotopic (exact) mass is 252 g/mol. The van der Waals surface area contributed by atoms with Crippen molar-refractivity contribution in [2.24, 2.45) is 0 Å². The first kappa shape index (κ1) is 11.5. The van der Waals surface area contributed by atoms with Crippen molar-refractivity contribution in [3.63, 3.8) is 0 Å². The molecule has 0 saturated heterocycles. The van der Waals surface area contributed by atoms with Crippen LogP contribution < -0.4 is 0 Å². The van der Waals surface area contributed by atoms with Crippen molar-refractivity contribution < 1.29 is 0 Å². The fourth-order valence-electron chi connectivity index (χ4n) is 2.37. The summed E-state index contributed by atoms with van der Waals surface area (Å²) in [7, 11) is 0. The molecule has 0 aliphatic carbocycles. The molecule has 0 amide bonds. The highest BCUT2D eigenvalue weighted by atomic mass is 32.1. The highest BCUT2D eigenvalue weighted by molar-refractivity contribution is 7.17. The molecular weight excluding hydrogens is 236 g/mol. The van der Waals surface area contributed by atoms with Gasteiger partial charge in [0.25, 0.3) is 0 Å². The first-order chi connectivity index (χ1) is 8.84. The SMILES string of the molecule is Cc1csc2c(CCc3ccccc3)cccc12. The van der Waals surface area contributed by atoms with Gasteiger partial charge in [-0.2, -0.15) is 0 Å². The van der Waals surface area contributed by atoms with Crippen LogP contribution in [0.15, 0.2) is 53.9 Å². The van der Waals surface area contributed by atoms with E-state index < -0.39 is 0 Å². The van der Waals surface area contributed by atoms with Gasteiger partial charge in [0.1, 0.15) is 0 Å². The van der Waals surface area contributed by atoms with Gasteiger partial charge in [-0.3, -0.25) is 0 Å². The van der Waals surface area contributed by atoms with Gasteiger partial charge in [-0.25, -0.2) is 0 Å². The Hall–Kier alpha value is -1.60. The molecule has 0 atom stereocenters. The molecule has 0 unspecified atom stereocenters. The fraction of sp³-hybridized carbons (Fsp3) is 0.176. The first-order valence-corrected chi connectivity index (χ1v) is 7.22. The normalized spacial score (nSPS) is 10.9. The van der Waals surface area contributed by atoms with Crippen LogP contribution in [0, 0.1) is 6.92 Å². The molecule has 1 heterocycles. The van der Waals surface area contributed by atoms with E-state index in [1.165, 1.54) is 26.8 Å². The van der Waals surface area contributed by atoms with Crippen molar-refractivity contribution in [2.75, 3.05) is 0 Å². The number of fused-ring (bicyclic) bond motifs is 1. The van der Waals surface area contributed by atoms with Gasteiger partial charge in [-0.05, 0) is 47.2 Å². The summed E-state index contributed by atoms with van der Waals surface area (Å²) in [5.41, 5.74) is 4.30. The molecular formula is C17H16S. The summed E-state index contributed by atoms with van der Waals surface area (Å²) in [6.45, 7) is 2.19. The minimum Gasteiger partial charge on any atom is -0.143 e. The lowest BCUT2D eigenvalue weighted by Gasteiger charge is -2.04. The summed E-state index contributed by atoms with van der Waals surface area (Å²) in [5.74, 6) is 0. The van der Waals surface area contributed by atoms with E-state index in [4.69, 9.17) is 0 Å². The van der Waals surface area contributed by atoms with Gasteiger partial charge in [-0.1, -0.05) is 48.5 Å². The molecule has 2 aromatic carbocycles. The van der Waals surface area contributed by atoms with Gasteiger partial charge < -0.3 is 0 Å². The van der Waals surface area contributed by atoms with Crippen LogP contribution in [0.25, 0.3) is 10.1 Å². The van der Waals surface area contributed by atoms with Crippen molar-refractivity contribution in [3.05, 3.63) is 70.6 Å². The van der Waals surface area contributed by atoms with E-state index in [0.717, 1.165) is 12.8 Å². The molecule has 3 rings (SSSR count). The smallest absolute Gasteiger partial charge is 0.0377 e. The molecule has 1 aromatic heterocycles. The van der Waals surface area contributed by atoms with Gasteiger partial charge in [0.05, 0.1) is 0 Å². The summed E-state index contributed by atoms with van der Waals surface area (Å²) in [6, 6.07) is 17.4. The summed E-state index contributed by atoms with van der Waals surface area (Å²) in [4.78, 5) is 0. The molecule has 3 aromatic rings. The lowest BCUT2D eigenvalue weighted by atomic mass is 10.0. The number of hydrogen-bond donors (Lipinski definition) is 0. The van der Waals surface area contributed by atoms with Crippen LogP contribution >= 0.6 is 11.3 Å². The van der Waals surface area contributed by atoms with Gasteiger partial charge >= 0.3 is 0 Å². The minimum absolute atomic E-state index is 1.12. The average Bonchev–Trinajstić information content (AvgIpc) is 2.80. The van der Waals surface area contributed by atoms with Crippen molar-refractivity contribution >= 4 is 21.4 Å². The number of rotatable bonds is 3. The number of hydrogen-bond acceptors (Lipinski definition) is 1. The molecule has 0 saturated carbocycles. The van der Waals surface area contributed by atoms with E-state index in [0.29, 0.717) is 0 Å². The lowest BCUT2D eigenvalue weighted by Crippen LogP contribution is -1.91. The van der Waals surface area contributed by atoms with E-state index in [1.807, 2.05) is 11.3 Å². The van der Waals surface area contributed by atoms with Gasteiger partial charge in [-0.15, -0.1) is 11.3 Å². The average molecular weight is 252 g/mol. The maximum absolute atomic E-state index is 2.27. The molecule has 0 aliphatic heterocycles. The summed E-state index contributed by atoms with van der Waals surface area (Å²) in [5, 5.41) is 3.68. The Kier molecular flexibility index (Phi) is 3.16. The standard InChI is InChI=1S/C17H16S/c1-13-12-18-17-15(8-5-9-16(13)17)11-10-14-6-3-2-4-7-14/h2-9,12H,10-11H2,1H3. The van der Waals surface area contributed by atoms with E-state index in [1.54, 1.807) is 0 Å². The Morgan fingerprint density at radius 3 is 2.56 bits per heavy atom. The second-order valence-electron chi connectivity index (χ2n) is 4.70. The summed E-state index contributed by atoms with van der Waals surface area (Å²) in [6.07, 6.45) is 2.25. The fourth-order valence-corrected chi connectivity index (χ4v) is 3.46. The topological polar surface area (TPSA) is 0 Å². The van der Waals surface area contributed by atoms with E-state index >= 15 is 0 Å². The Balaban J connectivity index is 1.87. The zero-order valence-electron chi connectivity index (χ0n) is 10.5.